The number of phenols is 1. The molecule has 4 heteroatoms. The van der Waals surface area contributed by atoms with Gasteiger partial charge in [-0.2, -0.15) is 0 Å². The molecule has 0 aromatic heterocycles. The van der Waals surface area contributed by atoms with Crippen LogP contribution in [0.4, 0.5) is 0 Å². The van der Waals surface area contributed by atoms with Crippen LogP contribution in [0.15, 0.2) is 12.1 Å². The van der Waals surface area contributed by atoms with Crippen LogP contribution in [0.25, 0.3) is 0 Å². The summed E-state index contributed by atoms with van der Waals surface area (Å²) in [6.45, 7) is 1.09. The van der Waals surface area contributed by atoms with Crippen molar-refractivity contribution in [2.24, 2.45) is 0 Å². The fraction of sp³-hybridized carbons (Fsp3) is 0.571. The average Bonchev–Trinajstić information content (AvgIpc) is 2.41. The summed E-state index contributed by atoms with van der Waals surface area (Å²) >= 11 is 0. The topological polar surface area (TPSA) is 50.7 Å². The van der Waals surface area contributed by atoms with Crippen molar-refractivity contribution < 1.29 is 14.6 Å². The Labute approximate surface area is 108 Å². The number of aromatic hydroxyl groups is 1. The number of hydrogen-bond acceptors (Lipinski definition) is 4. The van der Waals surface area contributed by atoms with Gasteiger partial charge in [0.15, 0.2) is 11.5 Å². The maximum Gasteiger partial charge on any atom is 0.161 e. The van der Waals surface area contributed by atoms with E-state index < -0.39 is 0 Å². The van der Waals surface area contributed by atoms with E-state index in [1.807, 2.05) is 6.07 Å². The standard InChI is InChI=1S/C14H21NO3/c1-17-13-9-12(16)14(18-2)8-10(13)7-11-5-3-4-6-15-11/h8-9,11,15-16H,3-7H2,1-2H3. The van der Waals surface area contributed by atoms with Crippen molar-refractivity contribution in [3.63, 3.8) is 0 Å². The van der Waals surface area contributed by atoms with Crippen LogP contribution < -0.4 is 14.8 Å². The quantitative estimate of drug-likeness (QED) is 0.860. The highest BCUT2D eigenvalue weighted by atomic mass is 16.5. The molecule has 0 saturated carbocycles. The van der Waals surface area contributed by atoms with Crippen LogP contribution in [-0.2, 0) is 6.42 Å². The molecule has 1 aliphatic heterocycles. The van der Waals surface area contributed by atoms with Crippen molar-refractivity contribution >= 4 is 0 Å². The first-order valence-corrected chi connectivity index (χ1v) is 6.42. The molecular weight excluding hydrogens is 230 g/mol. The molecule has 1 aromatic rings. The van der Waals surface area contributed by atoms with E-state index in [1.165, 1.54) is 19.3 Å². The Morgan fingerprint density at radius 2 is 2.00 bits per heavy atom. The van der Waals surface area contributed by atoms with Crippen molar-refractivity contribution in [3.05, 3.63) is 17.7 Å². The van der Waals surface area contributed by atoms with E-state index >= 15 is 0 Å². The van der Waals surface area contributed by atoms with Gasteiger partial charge in [-0.3, -0.25) is 0 Å². The Morgan fingerprint density at radius 1 is 1.22 bits per heavy atom. The van der Waals surface area contributed by atoms with Crippen LogP contribution >= 0.6 is 0 Å². The third-order valence-electron chi connectivity index (χ3n) is 3.46. The van der Waals surface area contributed by atoms with Gasteiger partial charge in [0, 0.05) is 12.1 Å². The van der Waals surface area contributed by atoms with E-state index in [-0.39, 0.29) is 5.75 Å². The lowest BCUT2D eigenvalue weighted by Gasteiger charge is -2.24. The molecule has 4 nitrogen and oxygen atoms in total. The summed E-state index contributed by atoms with van der Waals surface area (Å²) in [7, 11) is 3.18. The third-order valence-corrected chi connectivity index (χ3v) is 3.46. The van der Waals surface area contributed by atoms with E-state index in [0.717, 1.165) is 24.3 Å². The molecule has 1 aliphatic rings. The minimum absolute atomic E-state index is 0.120. The number of ether oxygens (including phenoxy) is 2. The van der Waals surface area contributed by atoms with Crippen LogP contribution in [0.3, 0.4) is 0 Å². The zero-order valence-electron chi connectivity index (χ0n) is 11.0. The number of methoxy groups -OCH3 is 2. The number of piperidine rings is 1. The monoisotopic (exact) mass is 251 g/mol. The summed E-state index contributed by atoms with van der Waals surface area (Å²) in [5, 5.41) is 13.2. The highest BCUT2D eigenvalue weighted by Gasteiger charge is 2.17. The molecule has 100 valence electrons. The zero-order valence-corrected chi connectivity index (χ0v) is 11.0. The molecule has 1 atom stereocenters. The highest BCUT2D eigenvalue weighted by Crippen LogP contribution is 2.34. The first kappa shape index (κ1) is 13.0. The smallest absolute Gasteiger partial charge is 0.161 e. The SMILES string of the molecule is COc1cc(CC2CCCCN2)c(OC)cc1O. The highest BCUT2D eigenvalue weighted by molar-refractivity contribution is 5.50. The van der Waals surface area contributed by atoms with Gasteiger partial charge in [-0.1, -0.05) is 6.42 Å². The van der Waals surface area contributed by atoms with Crippen molar-refractivity contribution in [1.82, 2.24) is 5.32 Å². The van der Waals surface area contributed by atoms with Gasteiger partial charge in [-0.15, -0.1) is 0 Å². The van der Waals surface area contributed by atoms with Gasteiger partial charge in [-0.05, 0) is 37.4 Å². The minimum Gasteiger partial charge on any atom is -0.504 e. The molecule has 1 unspecified atom stereocenters. The first-order chi connectivity index (χ1) is 8.74. The molecule has 2 N–H and O–H groups in total. The predicted octanol–water partition coefficient (Wildman–Crippen LogP) is 2.09. The van der Waals surface area contributed by atoms with Gasteiger partial charge in [0.25, 0.3) is 0 Å². The lowest BCUT2D eigenvalue weighted by atomic mass is 9.97. The molecule has 0 bridgehead atoms. The third kappa shape index (κ3) is 2.88. The maximum atomic E-state index is 9.73. The summed E-state index contributed by atoms with van der Waals surface area (Å²) in [4.78, 5) is 0. The number of hydrogen-bond donors (Lipinski definition) is 2. The predicted molar refractivity (Wildman–Crippen MR) is 70.6 cm³/mol. The maximum absolute atomic E-state index is 9.73. The lowest BCUT2D eigenvalue weighted by molar-refractivity contribution is 0.357. The molecule has 0 radical (unpaired) electrons. The fourth-order valence-corrected chi connectivity index (χ4v) is 2.47. The molecule has 1 heterocycles. The number of nitrogens with one attached hydrogen (secondary N) is 1. The minimum atomic E-state index is 0.120. The van der Waals surface area contributed by atoms with E-state index in [2.05, 4.69) is 5.32 Å². The van der Waals surface area contributed by atoms with E-state index in [4.69, 9.17) is 9.47 Å². The Hall–Kier alpha value is -1.42. The summed E-state index contributed by atoms with van der Waals surface area (Å²) in [5.41, 5.74) is 1.08. The second kappa shape index (κ2) is 5.96. The van der Waals surface area contributed by atoms with Gasteiger partial charge in [-0.25, -0.2) is 0 Å². The van der Waals surface area contributed by atoms with Crippen molar-refractivity contribution in [2.75, 3.05) is 20.8 Å². The van der Waals surface area contributed by atoms with Crippen LogP contribution in [0.5, 0.6) is 17.2 Å². The zero-order chi connectivity index (χ0) is 13.0. The van der Waals surface area contributed by atoms with E-state index in [0.29, 0.717) is 11.8 Å². The first-order valence-electron chi connectivity index (χ1n) is 6.42. The van der Waals surface area contributed by atoms with E-state index in [1.54, 1.807) is 20.3 Å². The van der Waals surface area contributed by atoms with Gasteiger partial charge >= 0.3 is 0 Å². The number of benzene rings is 1. The van der Waals surface area contributed by atoms with Crippen molar-refractivity contribution in [1.29, 1.82) is 0 Å². The fourth-order valence-electron chi connectivity index (χ4n) is 2.47. The normalized spacial score (nSPS) is 19.6. The molecule has 1 aromatic carbocycles. The Kier molecular flexibility index (Phi) is 4.31. The average molecular weight is 251 g/mol. The van der Waals surface area contributed by atoms with Crippen LogP contribution in [0.1, 0.15) is 24.8 Å². The molecule has 0 spiro atoms. The second-order valence-corrected chi connectivity index (χ2v) is 4.69. The van der Waals surface area contributed by atoms with Gasteiger partial charge < -0.3 is 19.9 Å². The second-order valence-electron chi connectivity index (χ2n) is 4.69. The molecule has 1 fully saturated rings. The van der Waals surface area contributed by atoms with Crippen LogP contribution in [0, 0.1) is 0 Å². The van der Waals surface area contributed by atoms with Crippen LogP contribution in [0.2, 0.25) is 0 Å². The lowest BCUT2D eigenvalue weighted by Crippen LogP contribution is -2.35. The summed E-state index contributed by atoms with van der Waals surface area (Å²) in [6, 6.07) is 3.98. The Balaban J connectivity index is 2.18. The molecule has 18 heavy (non-hydrogen) atoms. The largest absolute Gasteiger partial charge is 0.504 e. The van der Waals surface area contributed by atoms with Crippen molar-refractivity contribution in [3.8, 4) is 17.2 Å². The summed E-state index contributed by atoms with van der Waals surface area (Å²) < 4.78 is 10.5. The molecule has 0 amide bonds. The van der Waals surface area contributed by atoms with Crippen LogP contribution in [-0.4, -0.2) is 31.9 Å². The molecular formula is C14H21NO3. The summed E-state index contributed by atoms with van der Waals surface area (Å²) in [6.07, 6.45) is 4.62. The molecule has 1 saturated heterocycles. The van der Waals surface area contributed by atoms with Gasteiger partial charge in [0.05, 0.1) is 14.2 Å². The Morgan fingerprint density at radius 3 is 2.61 bits per heavy atom. The molecule has 2 rings (SSSR count). The number of rotatable bonds is 4. The molecule has 0 aliphatic carbocycles. The van der Waals surface area contributed by atoms with E-state index in [9.17, 15) is 5.11 Å². The van der Waals surface area contributed by atoms with Gasteiger partial charge in [0.1, 0.15) is 5.75 Å². The number of phenolic OH excluding ortho intramolecular Hbond substituents is 1. The van der Waals surface area contributed by atoms with Crippen molar-refractivity contribution in [2.45, 2.75) is 31.7 Å². The van der Waals surface area contributed by atoms with Gasteiger partial charge in [0.2, 0.25) is 0 Å². The summed E-state index contributed by atoms with van der Waals surface area (Å²) in [5.74, 6) is 1.34. The Bertz CT molecular complexity index is 400.